The lowest BCUT2D eigenvalue weighted by Crippen LogP contribution is -2.33. The van der Waals surface area contributed by atoms with Gasteiger partial charge in [-0.1, -0.05) is 25.6 Å². The Morgan fingerprint density at radius 2 is 1.93 bits per heavy atom. The molecule has 2 aliphatic rings. The predicted octanol–water partition coefficient (Wildman–Crippen LogP) is 4.61. The van der Waals surface area contributed by atoms with Crippen molar-refractivity contribution in [2.45, 2.75) is 50.5 Å². The molecule has 1 fully saturated rings. The Labute approximate surface area is 176 Å². The summed E-state index contributed by atoms with van der Waals surface area (Å²) in [6, 6.07) is 8.98. The molecule has 2 heterocycles. The van der Waals surface area contributed by atoms with Gasteiger partial charge < -0.3 is 5.32 Å². The number of rotatable bonds is 5. The van der Waals surface area contributed by atoms with Gasteiger partial charge in [0.25, 0.3) is 0 Å². The van der Waals surface area contributed by atoms with Gasteiger partial charge in [-0.3, -0.25) is 0 Å². The lowest BCUT2D eigenvalue weighted by molar-refractivity contribution is 0.337. The van der Waals surface area contributed by atoms with E-state index in [1.165, 1.54) is 21.6 Å². The molecule has 8 heteroatoms. The number of fused-ring (bicyclic) bond motifs is 3. The number of hydrogen-bond donors (Lipinski definition) is 2. The van der Waals surface area contributed by atoms with E-state index >= 15 is 0 Å². The number of sulfonamides is 1. The molecule has 28 heavy (non-hydrogen) atoms. The third kappa shape index (κ3) is 5.28. The molecule has 2 aromatic rings. The molecule has 1 aliphatic carbocycles. The van der Waals surface area contributed by atoms with E-state index in [1.54, 1.807) is 11.3 Å². The molecule has 5 nitrogen and oxygen atoms in total. The Hall–Kier alpha value is -1.09. The number of aromatic nitrogens is 1. The monoisotopic (exact) mass is 439 g/mol. The maximum absolute atomic E-state index is 11.3. The molecular formula is C20H29N3O2S3. The molecule has 154 valence electrons. The van der Waals surface area contributed by atoms with Crippen molar-refractivity contribution in [3.8, 4) is 11.3 Å². The molecule has 1 saturated carbocycles. The molecule has 0 unspecified atom stereocenters. The van der Waals surface area contributed by atoms with Gasteiger partial charge >= 0.3 is 0 Å². The highest BCUT2D eigenvalue weighted by atomic mass is 32.2. The molecular weight excluding hydrogens is 410 g/mol. The van der Waals surface area contributed by atoms with Gasteiger partial charge in [0.05, 0.1) is 11.9 Å². The minimum atomic E-state index is -3.09. The van der Waals surface area contributed by atoms with Gasteiger partial charge in [-0.25, -0.2) is 18.1 Å². The molecule has 0 atom stereocenters. The first-order chi connectivity index (χ1) is 13.0. The number of anilines is 1. The second kappa shape index (κ2) is 9.15. The predicted molar refractivity (Wildman–Crippen MR) is 121 cm³/mol. The van der Waals surface area contributed by atoms with Gasteiger partial charge in [-0.05, 0) is 44.1 Å². The zero-order valence-electron chi connectivity index (χ0n) is 15.4. The molecule has 0 saturated heterocycles. The van der Waals surface area contributed by atoms with Gasteiger partial charge in [0.15, 0.2) is 5.13 Å². The third-order valence-corrected chi connectivity index (χ3v) is 8.05. The number of nitrogens with zero attached hydrogens (tertiary/aromatic N) is 1. The summed E-state index contributed by atoms with van der Waals surface area (Å²) in [5.74, 6) is 1.54. The lowest BCUT2D eigenvalue weighted by atomic mass is 9.86. The first-order valence-electron chi connectivity index (χ1n) is 9.41. The number of thiazole rings is 1. The maximum Gasteiger partial charge on any atom is 0.208 e. The van der Waals surface area contributed by atoms with Crippen LogP contribution in [0.5, 0.6) is 0 Å². The number of aryl methyl sites for hydroxylation is 1. The van der Waals surface area contributed by atoms with Crippen LogP contribution in [0.15, 0.2) is 29.2 Å². The zero-order valence-corrected chi connectivity index (χ0v) is 17.9. The Bertz CT molecular complexity index is 903. The molecule has 0 bridgehead atoms. The summed E-state index contributed by atoms with van der Waals surface area (Å²) in [6.07, 6.45) is 6.51. The minimum Gasteiger partial charge on any atom is -0.359 e. The van der Waals surface area contributed by atoms with Gasteiger partial charge in [-0.15, -0.1) is 23.1 Å². The summed E-state index contributed by atoms with van der Waals surface area (Å²) in [4.78, 5) is 7.64. The van der Waals surface area contributed by atoms with Crippen molar-refractivity contribution < 1.29 is 8.42 Å². The fourth-order valence-corrected chi connectivity index (χ4v) is 6.53. The first-order valence-corrected chi connectivity index (χ1v) is 13.1. The summed E-state index contributed by atoms with van der Waals surface area (Å²) in [5.41, 5.74) is 2.41. The Morgan fingerprint density at radius 3 is 2.68 bits per heavy atom. The highest BCUT2D eigenvalue weighted by molar-refractivity contribution is 7.99. The highest BCUT2D eigenvalue weighted by Gasteiger charge is 2.24. The van der Waals surface area contributed by atoms with Crippen LogP contribution in [0.4, 0.5) is 5.13 Å². The van der Waals surface area contributed by atoms with Crippen LogP contribution in [-0.2, 0) is 16.4 Å². The van der Waals surface area contributed by atoms with E-state index in [-0.39, 0.29) is 7.43 Å². The fourth-order valence-electron chi connectivity index (χ4n) is 3.79. The molecule has 1 aromatic heterocycles. The molecule has 1 aromatic carbocycles. The second-order valence-corrected chi connectivity index (χ2v) is 11.4. The first kappa shape index (κ1) is 21.6. The second-order valence-electron chi connectivity index (χ2n) is 7.37. The average molecular weight is 440 g/mol. The van der Waals surface area contributed by atoms with E-state index in [1.807, 2.05) is 11.8 Å². The molecule has 4 rings (SSSR count). The van der Waals surface area contributed by atoms with Crippen LogP contribution >= 0.6 is 23.1 Å². The van der Waals surface area contributed by atoms with E-state index in [9.17, 15) is 8.42 Å². The van der Waals surface area contributed by atoms with Crippen molar-refractivity contribution in [1.82, 2.24) is 9.71 Å². The van der Waals surface area contributed by atoms with E-state index in [0.29, 0.717) is 18.5 Å². The summed E-state index contributed by atoms with van der Waals surface area (Å²) in [5, 5.41) is 4.67. The van der Waals surface area contributed by atoms with Gasteiger partial charge in [0.1, 0.15) is 0 Å². The van der Waals surface area contributed by atoms with Crippen LogP contribution in [0.2, 0.25) is 0 Å². The smallest absolute Gasteiger partial charge is 0.208 e. The van der Waals surface area contributed by atoms with Crippen molar-refractivity contribution in [1.29, 1.82) is 0 Å². The Kier molecular flexibility index (Phi) is 7.07. The minimum absolute atomic E-state index is 0. The summed E-state index contributed by atoms with van der Waals surface area (Å²) >= 11 is 3.71. The van der Waals surface area contributed by atoms with Crippen molar-refractivity contribution in [2.24, 2.45) is 5.92 Å². The van der Waals surface area contributed by atoms with Crippen LogP contribution in [0.1, 0.15) is 38.0 Å². The van der Waals surface area contributed by atoms with E-state index in [0.717, 1.165) is 48.7 Å². The molecule has 0 radical (unpaired) electrons. The standard InChI is InChI=1S/C19H25N3O2S3.CH4/c1-27(23,24)20-12-13-6-8-14(9-7-13)21-19-22-18-15-4-2-3-5-16(15)25-11-10-17(18)26-19;/h2-5,13-14,20H,6-12H2,1H3,(H,21,22);1H4. The third-order valence-electron chi connectivity index (χ3n) is 5.23. The highest BCUT2D eigenvalue weighted by Crippen LogP contribution is 2.41. The van der Waals surface area contributed by atoms with Crippen LogP contribution in [-0.4, -0.2) is 38.0 Å². The van der Waals surface area contributed by atoms with Crippen molar-refractivity contribution >= 4 is 38.3 Å². The number of hydrogen-bond acceptors (Lipinski definition) is 6. The molecule has 1 aliphatic heterocycles. The van der Waals surface area contributed by atoms with Crippen LogP contribution in [0.3, 0.4) is 0 Å². The van der Waals surface area contributed by atoms with Gasteiger partial charge in [0.2, 0.25) is 10.0 Å². The summed E-state index contributed by atoms with van der Waals surface area (Å²) in [7, 11) is -3.09. The van der Waals surface area contributed by atoms with Crippen LogP contribution in [0, 0.1) is 5.92 Å². The van der Waals surface area contributed by atoms with E-state index < -0.39 is 10.0 Å². The normalized spacial score (nSPS) is 21.8. The van der Waals surface area contributed by atoms with E-state index in [2.05, 4.69) is 34.3 Å². The SMILES string of the molecule is C.CS(=O)(=O)NCC1CCC(Nc2nc3c(s2)CCSc2ccccc2-3)CC1. The largest absolute Gasteiger partial charge is 0.359 e. The number of benzene rings is 1. The Balaban J connectivity index is 0.00000225. The lowest BCUT2D eigenvalue weighted by Gasteiger charge is -2.28. The van der Waals surface area contributed by atoms with E-state index in [4.69, 9.17) is 4.98 Å². The summed E-state index contributed by atoms with van der Waals surface area (Å²) < 4.78 is 25.2. The van der Waals surface area contributed by atoms with Crippen LogP contribution in [0.25, 0.3) is 11.3 Å². The molecule has 0 spiro atoms. The van der Waals surface area contributed by atoms with Gasteiger partial charge in [0, 0.05) is 33.7 Å². The van der Waals surface area contributed by atoms with Crippen molar-refractivity contribution in [3.05, 3.63) is 29.1 Å². The maximum atomic E-state index is 11.3. The Morgan fingerprint density at radius 1 is 1.18 bits per heavy atom. The van der Waals surface area contributed by atoms with Crippen LogP contribution < -0.4 is 10.0 Å². The average Bonchev–Trinajstić information content (AvgIpc) is 2.95. The molecule has 0 amide bonds. The quantitative estimate of drug-likeness (QED) is 0.712. The summed E-state index contributed by atoms with van der Waals surface area (Å²) in [6.45, 7) is 0.561. The number of nitrogens with one attached hydrogen (secondary N) is 2. The van der Waals surface area contributed by atoms with Crippen molar-refractivity contribution in [3.63, 3.8) is 0 Å². The van der Waals surface area contributed by atoms with Crippen molar-refractivity contribution in [2.75, 3.05) is 23.9 Å². The van der Waals surface area contributed by atoms with Gasteiger partial charge in [-0.2, -0.15) is 0 Å². The fraction of sp³-hybridized carbons (Fsp3) is 0.550. The topological polar surface area (TPSA) is 71.1 Å². The molecule has 2 N–H and O–H groups in total. The number of thioether (sulfide) groups is 1. The zero-order chi connectivity index (χ0) is 18.9.